The molecule has 0 aliphatic carbocycles. The maximum absolute atomic E-state index is 11.6. The summed E-state index contributed by atoms with van der Waals surface area (Å²) >= 11 is 3.32. The molecule has 0 radical (unpaired) electrons. The van der Waals surface area contributed by atoms with E-state index < -0.39 is 0 Å². The number of quaternary nitrogens is 1. The molecule has 3 nitrogen and oxygen atoms in total. The van der Waals surface area contributed by atoms with Gasteiger partial charge < -0.3 is 10.1 Å². The van der Waals surface area contributed by atoms with Crippen LogP contribution in [0.4, 0.5) is 0 Å². The van der Waals surface area contributed by atoms with Crippen LogP contribution < -0.4 is 5.32 Å². The van der Waals surface area contributed by atoms with Crippen LogP contribution in [0.1, 0.15) is 39.5 Å². The van der Waals surface area contributed by atoms with Gasteiger partial charge in [-0.25, -0.2) is 0 Å². The molecule has 1 aliphatic heterocycles. The van der Waals surface area contributed by atoms with Gasteiger partial charge in [0.2, 0.25) is 0 Å². The minimum Gasteiger partial charge on any atom is -0.459 e. The van der Waals surface area contributed by atoms with E-state index in [-0.39, 0.29) is 11.6 Å². The fourth-order valence-electron chi connectivity index (χ4n) is 2.26. The molecule has 0 spiro atoms. The molecule has 0 amide bonds. The molecule has 0 aromatic carbocycles. The lowest BCUT2D eigenvalue weighted by Gasteiger charge is -2.35. The number of hydrogen-bond acceptors (Lipinski definition) is 2. The van der Waals surface area contributed by atoms with Gasteiger partial charge in [-0.3, -0.25) is 4.79 Å². The van der Waals surface area contributed by atoms with Crippen molar-refractivity contribution in [1.82, 2.24) is 0 Å². The fourth-order valence-corrected chi connectivity index (χ4v) is 2.54. The molecule has 0 unspecified atom stereocenters. The summed E-state index contributed by atoms with van der Waals surface area (Å²) in [6.07, 6.45) is 3.68. The maximum atomic E-state index is 11.6. The largest absolute Gasteiger partial charge is 0.459 e. The summed E-state index contributed by atoms with van der Waals surface area (Å²) in [5.74, 6) is 0.462. The number of hydrogen-bond donors (Lipinski definition) is 1. The zero-order valence-electron chi connectivity index (χ0n) is 10.3. The quantitative estimate of drug-likeness (QED) is 0.616. The molecule has 0 aromatic rings. The Morgan fingerprint density at radius 3 is 2.62 bits per heavy atom. The van der Waals surface area contributed by atoms with Crippen LogP contribution in [0.3, 0.4) is 0 Å². The fraction of sp³-hybridized carbons (Fsp3) is 0.917. The Hall–Kier alpha value is -0.0900. The lowest BCUT2D eigenvalue weighted by Crippen LogP contribution is -2.86. The Morgan fingerprint density at radius 1 is 1.44 bits per heavy atom. The first-order valence-electron chi connectivity index (χ1n) is 6.15. The van der Waals surface area contributed by atoms with E-state index in [4.69, 9.17) is 4.74 Å². The second-order valence-corrected chi connectivity index (χ2v) is 5.80. The highest BCUT2D eigenvalue weighted by atomic mass is 79.9. The molecule has 0 aromatic heterocycles. The molecule has 0 atom stereocenters. The van der Waals surface area contributed by atoms with Crippen molar-refractivity contribution < 1.29 is 14.8 Å². The number of ether oxygens (including phenoxy) is 1. The minimum atomic E-state index is -0.294. The van der Waals surface area contributed by atoms with Crippen molar-refractivity contribution in [3.05, 3.63) is 0 Å². The second kappa shape index (κ2) is 6.60. The van der Waals surface area contributed by atoms with Gasteiger partial charge >= 0.3 is 5.97 Å². The van der Waals surface area contributed by atoms with E-state index in [1.807, 2.05) is 0 Å². The van der Waals surface area contributed by atoms with Crippen LogP contribution in [0.25, 0.3) is 0 Å². The van der Waals surface area contributed by atoms with Gasteiger partial charge in [0, 0.05) is 30.5 Å². The minimum absolute atomic E-state index is 0.0565. The molecule has 94 valence electrons. The van der Waals surface area contributed by atoms with Gasteiger partial charge in [-0.2, -0.15) is 0 Å². The highest BCUT2D eigenvalue weighted by molar-refractivity contribution is 9.09. The van der Waals surface area contributed by atoms with E-state index in [9.17, 15) is 4.79 Å². The van der Waals surface area contributed by atoms with Crippen LogP contribution in [0.15, 0.2) is 0 Å². The van der Waals surface area contributed by atoms with Crippen molar-refractivity contribution in [3.63, 3.8) is 0 Å². The summed E-state index contributed by atoms with van der Waals surface area (Å²) < 4.78 is 5.61. The average molecular weight is 293 g/mol. The number of carbonyl (C=O) groups is 1. The van der Waals surface area contributed by atoms with Gasteiger partial charge in [0.25, 0.3) is 0 Å². The summed E-state index contributed by atoms with van der Waals surface area (Å²) in [6, 6.07) is 0. The van der Waals surface area contributed by atoms with Crippen LogP contribution in [0.2, 0.25) is 0 Å². The number of esters is 1. The average Bonchev–Trinajstić information content (AvgIpc) is 2.27. The number of piperidine rings is 1. The Balaban J connectivity index is 2.39. The molecular formula is C12H23BrNO2+. The van der Waals surface area contributed by atoms with Gasteiger partial charge in [0.1, 0.15) is 5.60 Å². The number of alkyl halides is 1. The van der Waals surface area contributed by atoms with Crippen molar-refractivity contribution in [3.8, 4) is 0 Å². The van der Waals surface area contributed by atoms with Crippen molar-refractivity contribution in [2.45, 2.75) is 45.1 Å². The molecule has 1 heterocycles. The molecule has 1 aliphatic rings. The van der Waals surface area contributed by atoms with Crippen molar-refractivity contribution in [1.29, 1.82) is 0 Å². The summed E-state index contributed by atoms with van der Waals surface area (Å²) in [4.78, 5) is 11.6. The molecule has 1 fully saturated rings. The van der Waals surface area contributed by atoms with E-state index in [0.29, 0.717) is 12.3 Å². The first-order valence-corrected chi connectivity index (χ1v) is 7.28. The second-order valence-electron chi connectivity index (χ2n) is 5.01. The highest BCUT2D eigenvalue weighted by Gasteiger charge is 2.34. The van der Waals surface area contributed by atoms with Crippen molar-refractivity contribution >= 4 is 21.9 Å². The molecule has 4 heteroatoms. The first kappa shape index (κ1) is 14.0. The van der Waals surface area contributed by atoms with E-state index in [1.165, 1.54) is 0 Å². The van der Waals surface area contributed by atoms with Gasteiger partial charge in [-0.05, 0) is 20.3 Å². The summed E-state index contributed by atoms with van der Waals surface area (Å²) in [7, 11) is 0. The van der Waals surface area contributed by atoms with Crippen LogP contribution in [0, 0.1) is 5.92 Å². The Kier molecular flexibility index (Phi) is 5.76. The van der Waals surface area contributed by atoms with Gasteiger partial charge in [-0.15, -0.1) is 0 Å². The Morgan fingerprint density at radius 2 is 2.06 bits per heavy atom. The summed E-state index contributed by atoms with van der Waals surface area (Å²) in [5.41, 5.74) is -0.294. The Labute approximate surface area is 106 Å². The van der Waals surface area contributed by atoms with Crippen LogP contribution >= 0.6 is 15.9 Å². The summed E-state index contributed by atoms with van der Waals surface area (Å²) in [6.45, 7) is 6.42. The zero-order chi connectivity index (χ0) is 12.0. The van der Waals surface area contributed by atoms with Crippen LogP contribution in [-0.2, 0) is 9.53 Å². The lowest BCUT2D eigenvalue weighted by atomic mass is 9.83. The normalized spacial score (nSPS) is 18.4. The van der Waals surface area contributed by atoms with Crippen LogP contribution in [-0.4, -0.2) is 30.0 Å². The topological polar surface area (TPSA) is 42.9 Å². The van der Waals surface area contributed by atoms with Crippen LogP contribution in [0.5, 0.6) is 0 Å². The van der Waals surface area contributed by atoms with E-state index in [2.05, 4.69) is 35.1 Å². The molecule has 1 saturated heterocycles. The van der Waals surface area contributed by atoms with Crippen molar-refractivity contribution in [2.75, 3.05) is 18.4 Å². The first-order chi connectivity index (χ1) is 7.56. The smallest absolute Gasteiger partial charge is 0.306 e. The van der Waals surface area contributed by atoms with E-state index in [0.717, 1.165) is 37.7 Å². The molecule has 0 bridgehead atoms. The molecule has 2 N–H and O–H groups in total. The third-order valence-corrected chi connectivity index (χ3v) is 3.87. The zero-order valence-corrected chi connectivity index (χ0v) is 11.9. The lowest BCUT2D eigenvalue weighted by molar-refractivity contribution is -0.665. The molecule has 0 saturated carbocycles. The third kappa shape index (κ3) is 4.42. The van der Waals surface area contributed by atoms with Crippen molar-refractivity contribution in [2.24, 2.45) is 5.92 Å². The predicted octanol–water partition coefficient (Wildman–Crippen LogP) is 1.46. The predicted molar refractivity (Wildman–Crippen MR) is 67.6 cm³/mol. The van der Waals surface area contributed by atoms with Gasteiger partial charge in [0.15, 0.2) is 0 Å². The number of carbonyl (C=O) groups excluding carboxylic acids is 1. The number of rotatable bonds is 5. The number of halogens is 1. The Bertz CT molecular complexity index is 225. The standard InChI is InChI=1S/C12H22BrNO2/c1-12(2,10-5-8-14-9-6-10)16-11(15)4-3-7-13/h10,14H,3-9H2,1-2H3/p+1. The monoisotopic (exact) mass is 292 g/mol. The summed E-state index contributed by atoms with van der Waals surface area (Å²) in [5, 5.41) is 3.19. The van der Waals surface area contributed by atoms with E-state index >= 15 is 0 Å². The molecule has 1 rings (SSSR count). The molecular weight excluding hydrogens is 270 g/mol. The molecule has 16 heavy (non-hydrogen) atoms. The highest BCUT2D eigenvalue weighted by Crippen LogP contribution is 2.28. The number of nitrogens with two attached hydrogens (primary N) is 1. The third-order valence-electron chi connectivity index (χ3n) is 3.31. The van der Waals surface area contributed by atoms with Gasteiger partial charge in [-0.1, -0.05) is 15.9 Å². The maximum Gasteiger partial charge on any atom is 0.306 e. The van der Waals surface area contributed by atoms with Gasteiger partial charge in [0.05, 0.1) is 13.1 Å². The SMILES string of the molecule is CC(C)(OC(=O)CCCBr)C1CC[NH2+]CC1. The van der Waals surface area contributed by atoms with E-state index in [1.54, 1.807) is 0 Å².